The largest absolute Gasteiger partial charge is 0.480 e. The lowest BCUT2D eigenvalue weighted by atomic mass is 9.92. The number of thioether (sulfide) groups is 1. The molecule has 2 atom stereocenters. The van der Waals surface area contributed by atoms with E-state index in [1.807, 2.05) is 24.3 Å². The SMILES string of the molecule is O=C(O)[C@@H](CCCCC1CCNCC1)N[C@@H]1CSc2ccccc2NC1=O. The first-order chi connectivity index (χ1) is 13.1. The Kier molecular flexibility index (Phi) is 7.55. The van der Waals surface area contributed by atoms with Gasteiger partial charge >= 0.3 is 5.97 Å². The molecule has 1 aromatic rings. The van der Waals surface area contributed by atoms with Crippen LogP contribution >= 0.6 is 11.8 Å². The number of carboxylic acid groups (broad SMARTS) is 1. The second kappa shape index (κ2) is 10.1. The maximum absolute atomic E-state index is 12.5. The molecule has 148 valence electrons. The van der Waals surface area contributed by atoms with Crippen molar-refractivity contribution < 1.29 is 14.7 Å². The molecule has 4 N–H and O–H groups in total. The van der Waals surface area contributed by atoms with Crippen LogP contribution < -0.4 is 16.0 Å². The third kappa shape index (κ3) is 5.96. The average molecular weight is 392 g/mol. The summed E-state index contributed by atoms with van der Waals surface area (Å²) in [6.45, 7) is 2.20. The Morgan fingerprint density at radius 1 is 1.26 bits per heavy atom. The Labute approximate surface area is 164 Å². The lowest BCUT2D eigenvalue weighted by molar-refractivity contribution is -0.140. The van der Waals surface area contributed by atoms with Crippen molar-refractivity contribution in [1.29, 1.82) is 0 Å². The summed E-state index contributed by atoms with van der Waals surface area (Å²) in [6.07, 6.45) is 6.09. The van der Waals surface area contributed by atoms with Gasteiger partial charge in [0.25, 0.3) is 0 Å². The minimum atomic E-state index is -0.878. The molecule has 2 heterocycles. The first-order valence-electron chi connectivity index (χ1n) is 9.86. The number of unbranched alkanes of at least 4 members (excludes halogenated alkanes) is 1. The van der Waals surface area contributed by atoms with Crippen LogP contribution in [0.1, 0.15) is 38.5 Å². The predicted octanol–water partition coefficient (Wildman–Crippen LogP) is 2.70. The fourth-order valence-corrected chi connectivity index (χ4v) is 4.80. The number of piperidine rings is 1. The van der Waals surface area contributed by atoms with Crippen molar-refractivity contribution >= 4 is 29.3 Å². The van der Waals surface area contributed by atoms with Crippen LogP contribution in [0.15, 0.2) is 29.2 Å². The van der Waals surface area contributed by atoms with Gasteiger partial charge < -0.3 is 15.7 Å². The van der Waals surface area contributed by atoms with Gasteiger partial charge in [-0.15, -0.1) is 11.8 Å². The number of carbonyl (C=O) groups excluding carboxylic acids is 1. The zero-order valence-corrected chi connectivity index (χ0v) is 16.4. The van der Waals surface area contributed by atoms with Gasteiger partial charge in [-0.05, 0) is 50.4 Å². The monoisotopic (exact) mass is 391 g/mol. The molecule has 0 bridgehead atoms. The Morgan fingerprint density at radius 2 is 2.04 bits per heavy atom. The molecule has 0 spiro atoms. The number of para-hydroxylation sites is 1. The topological polar surface area (TPSA) is 90.5 Å². The molecule has 0 aliphatic carbocycles. The minimum absolute atomic E-state index is 0.159. The Morgan fingerprint density at radius 3 is 2.81 bits per heavy atom. The molecule has 3 rings (SSSR count). The van der Waals surface area contributed by atoms with Crippen molar-refractivity contribution in [2.75, 3.05) is 24.2 Å². The molecule has 1 saturated heterocycles. The van der Waals surface area contributed by atoms with Gasteiger partial charge in [-0.25, -0.2) is 0 Å². The van der Waals surface area contributed by atoms with Crippen LogP contribution in [0.2, 0.25) is 0 Å². The molecule has 0 saturated carbocycles. The first-order valence-corrected chi connectivity index (χ1v) is 10.8. The van der Waals surface area contributed by atoms with Crippen LogP contribution in [-0.2, 0) is 9.59 Å². The first kappa shape index (κ1) is 20.2. The number of amides is 1. The van der Waals surface area contributed by atoms with Crippen LogP contribution in [0.5, 0.6) is 0 Å². The quantitative estimate of drug-likeness (QED) is 0.510. The predicted molar refractivity (Wildman–Crippen MR) is 108 cm³/mol. The lowest BCUT2D eigenvalue weighted by Gasteiger charge is -2.23. The number of rotatable bonds is 8. The second-order valence-corrected chi connectivity index (χ2v) is 8.45. The number of hydrogen-bond donors (Lipinski definition) is 4. The Balaban J connectivity index is 1.47. The van der Waals surface area contributed by atoms with E-state index in [2.05, 4.69) is 16.0 Å². The number of nitrogens with one attached hydrogen (secondary N) is 3. The maximum Gasteiger partial charge on any atom is 0.320 e. The minimum Gasteiger partial charge on any atom is -0.480 e. The third-order valence-corrected chi connectivity index (χ3v) is 6.55. The molecule has 1 fully saturated rings. The molecule has 27 heavy (non-hydrogen) atoms. The van der Waals surface area contributed by atoms with Gasteiger partial charge in [-0.1, -0.05) is 31.4 Å². The Bertz CT molecular complexity index is 649. The van der Waals surface area contributed by atoms with Gasteiger partial charge in [0.05, 0.1) is 11.7 Å². The molecule has 2 aliphatic heterocycles. The molecule has 0 aromatic heterocycles. The standard InChI is InChI=1S/C20H29N3O3S/c24-19-17(13-27-18-8-4-3-6-15(18)23-19)22-16(20(25)26)7-2-1-5-14-9-11-21-12-10-14/h3-4,6,8,14,16-17,21-22H,1-2,5,7,9-13H2,(H,23,24)(H,25,26)/t16-,17-/m1/s1. The van der Waals surface area contributed by atoms with Gasteiger partial charge in [-0.3, -0.25) is 14.9 Å². The van der Waals surface area contributed by atoms with E-state index in [4.69, 9.17) is 0 Å². The number of aliphatic carboxylic acids is 1. The van der Waals surface area contributed by atoms with E-state index in [-0.39, 0.29) is 5.91 Å². The van der Waals surface area contributed by atoms with E-state index >= 15 is 0 Å². The number of carbonyl (C=O) groups is 2. The number of anilines is 1. The molecule has 7 heteroatoms. The summed E-state index contributed by atoms with van der Waals surface area (Å²) in [5, 5.41) is 18.9. The molecule has 2 aliphatic rings. The van der Waals surface area contributed by atoms with Crippen molar-refractivity contribution in [2.24, 2.45) is 5.92 Å². The highest BCUT2D eigenvalue weighted by Gasteiger charge is 2.28. The van der Waals surface area contributed by atoms with Gasteiger partial charge in [0.1, 0.15) is 6.04 Å². The Hall–Kier alpha value is -1.57. The maximum atomic E-state index is 12.5. The van der Waals surface area contributed by atoms with Crippen LogP contribution in [0.4, 0.5) is 5.69 Å². The average Bonchev–Trinajstić information content (AvgIpc) is 2.83. The van der Waals surface area contributed by atoms with Crippen LogP contribution in [0.25, 0.3) is 0 Å². The van der Waals surface area contributed by atoms with E-state index in [1.165, 1.54) is 19.3 Å². The number of hydrogen-bond acceptors (Lipinski definition) is 5. The van der Waals surface area contributed by atoms with Gasteiger partial charge in [0.15, 0.2) is 0 Å². The molecule has 1 aromatic carbocycles. The molecular weight excluding hydrogens is 362 g/mol. The molecular formula is C20H29N3O3S. The normalized spacial score (nSPS) is 21.8. The molecule has 6 nitrogen and oxygen atoms in total. The summed E-state index contributed by atoms with van der Waals surface area (Å²) in [5.74, 6) is 0.261. The number of benzene rings is 1. The van der Waals surface area contributed by atoms with E-state index in [0.29, 0.717) is 12.2 Å². The van der Waals surface area contributed by atoms with Crippen molar-refractivity contribution in [3.05, 3.63) is 24.3 Å². The van der Waals surface area contributed by atoms with Gasteiger partial charge in [0.2, 0.25) is 5.91 Å². The number of carboxylic acids is 1. The summed E-state index contributed by atoms with van der Waals surface area (Å²) in [7, 11) is 0. The van der Waals surface area contributed by atoms with E-state index in [1.54, 1.807) is 11.8 Å². The van der Waals surface area contributed by atoms with Crippen molar-refractivity contribution in [3.8, 4) is 0 Å². The zero-order valence-electron chi connectivity index (χ0n) is 15.6. The molecule has 1 amide bonds. The van der Waals surface area contributed by atoms with E-state index < -0.39 is 18.1 Å². The summed E-state index contributed by atoms with van der Waals surface area (Å²) >= 11 is 1.58. The van der Waals surface area contributed by atoms with E-state index in [9.17, 15) is 14.7 Å². The summed E-state index contributed by atoms with van der Waals surface area (Å²) in [6, 6.07) is 6.48. The highest BCUT2D eigenvalue weighted by molar-refractivity contribution is 7.99. The fraction of sp³-hybridized carbons (Fsp3) is 0.600. The smallest absolute Gasteiger partial charge is 0.320 e. The summed E-state index contributed by atoms with van der Waals surface area (Å²) < 4.78 is 0. The lowest BCUT2D eigenvalue weighted by Crippen LogP contribution is -2.49. The summed E-state index contributed by atoms with van der Waals surface area (Å²) in [4.78, 5) is 25.2. The second-order valence-electron chi connectivity index (χ2n) is 7.38. The highest BCUT2D eigenvalue weighted by Crippen LogP contribution is 2.30. The highest BCUT2D eigenvalue weighted by atomic mass is 32.2. The van der Waals surface area contributed by atoms with Crippen LogP contribution in [0.3, 0.4) is 0 Å². The molecule has 0 unspecified atom stereocenters. The zero-order chi connectivity index (χ0) is 19.1. The van der Waals surface area contributed by atoms with Crippen LogP contribution in [0, 0.1) is 5.92 Å². The van der Waals surface area contributed by atoms with Crippen molar-refractivity contribution in [3.63, 3.8) is 0 Å². The van der Waals surface area contributed by atoms with Gasteiger partial charge in [-0.2, -0.15) is 0 Å². The van der Waals surface area contributed by atoms with Crippen LogP contribution in [-0.4, -0.2) is 47.9 Å². The fourth-order valence-electron chi connectivity index (χ4n) is 3.76. The number of fused-ring (bicyclic) bond motifs is 1. The third-order valence-electron chi connectivity index (χ3n) is 5.38. The van der Waals surface area contributed by atoms with Crippen molar-refractivity contribution in [2.45, 2.75) is 55.5 Å². The van der Waals surface area contributed by atoms with Gasteiger partial charge in [0, 0.05) is 10.6 Å². The van der Waals surface area contributed by atoms with E-state index in [0.717, 1.165) is 42.4 Å². The molecule has 0 radical (unpaired) electrons. The summed E-state index contributed by atoms with van der Waals surface area (Å²) in [5.41, 5.74) is 0.797. The van der Waals surface area contributed by atoms with Crippen molar-refractivity contribution in [1.82, 2.24) is 10.6 Å².